The van der Waals surface area contributed by atoms with Crippen LogP contribution in [0.1, 0.15) is 22.3 Å². The van der Waals surface area contributed by atoms with Gasteiger partial charge in [-0.3, -0.25) is 19.2 Å². The van der Waals surface area contributed by atoms with Crippen LogP contribution in [-0.4, -0.2) is 23.1 Å². The highest BCUT2D eigenvalue weighted by atomic mass is 35.5. The van der Waals surface area contributed by atoms with E-state index in [1.165, 1.54) is 0 Å². The van der Waals surface area contributed by atoms with Gasteiger partial charge in [0, 0.05) is 22.3 Å². The minimum absolute atomic E-state index is 0.178. The summed E-state index contributed by atoms with van der Waals surface area (Å²) in [4.78, 5) is 47.9. The molecule has 134 valence electrons. The average molecular weight is 409 g/mol. The van der Waals surface area contributed by atoms with Crippen LogP contribution in [0.5, 0.6) is 0 Å². The molecule has 8 heteroatoms. The molecule has 2 aliphatic carbocycles. The summed E-state index contributed by atoms with van der Waals surface area (Å²) in [7, 11) is 0. The van der Waals surface area contributed by atoms with E-state index in [9.17, 15) is 29.7 Å². The summed E-state index contributed by atoms with van der Waals surface area (Å²) in [5.74, 6) is -2.21. The quantitative estimate of drug-likeness (QED) is 0.694. The molecule has 2 aliphatic rings. The number of hydrogen-bond donors (Lipinski definition) is 0. The second-order valence-electron chi connectivity index (χ2n) is 5.67. The summed E-state index contributed by atoms with van der Waals surface area (Å²) in [6.07, 6.45) is 6.10. The molecule has 0 bridgehead atoms. The number of halogens is 2. The molecule has 0 aromatic heterocycles. The molecule has 0 aliphatic heterocycles. The summed E-state index contributed by atoms with van der Waals surface area (Å²) in [6.45, 7) is 0. The Balaban J connectivity index is 2.42. The Hall–Kier alpha value is -3.58. The van der Waals surface area contributed by atoms with Gasteiger partial charge in [-0.1, -0.05) is 23.2 Å². The molecule has 0 spiro atoms. The molecule has 3 rings (SSSR count). The third-order valence-electron chi connectivity index (χ3n) is 4.05. The van der Waals surface area contributed by atoms with Crippen molar-refractivity contribution < 1.29 is 19.2 Å². The van der Waals surface area contributed by atoms with Gasteiger partial charge in [0.1, 0.15) is 12.1 Å². The molecule has 6 nitrogen and oxygen atoms in total. The first kappa shape index (κ1) is 19.2. The van der Waals surface area contributed by atoms with Crippen LogP contribution in [0, 0.1) is 22.7 Å². The normalized spacial score (nSPS) is 15.9. The standard InChI is InChI=1S/C20H6Cl2N2O4/c21-19-17(11-5-9(25)1-3-15(11)27)13(7-23)14(8-24)18(20(19)22)12-6-10(26)2-4-16(12)28/h1-6H. The Kier molecular flexibility index (Phi) is 4.94. The lowest BCUT2D eigenvalue weighted by molar-refractivity contribution is -0.113. The van der Waals surface area contributed by atoms with Crippen LogP contribution < -0.4 is 0 Å². The van der Waals surface area contributed by atoms with Crippen molar-refractivity contribution in [3.05, 3.63) is 68.8 Å². The fourth-order valence-corrected chi connectivity index (χ4v) is 3.41. The first-order valence-electron chi connectivity index (χ1n) is 7.62. The van der Waals surface area contributed by atoms with E-state index < -0.39 is 23.1 Å². The van der Waals surface area contributed by atoms with Gasteiger partial charge < -0.3 is 0 Å². The Labute approximate surface area is 168 Å². The summed E-state index contributed by atoms with van der Waals surface area (Å²) in [6, 6.07) is 3.57. The fourth-order valence-electron chi connectivity index (χ4n) is 2.83. The SMILES string of the molecule is N#Cc1c(C#N)c(C2=CC(=O)C=CC2=O)c(Cl)c(Cl)c1C1=CC(=O)C=CC1=O. The lowest BCUT2D eigenvalue weighted by Crippen LogP contribution is -2.13. The van der Waals surface area contributed by atoms with Crippen molar-refractivity contribution in [3.63, 3.8) is 0 Å². The molecule has 0 radical (unpaired) electrons. The van der Waals surface area contributed by atoms with Crippen LogP contribution in [0.4, 0.5) is 0 Å². The number of carbonyl (C=O) groups is 4. The predicted molar refractivity (Wildman–Crippen MR) is 100 cm³/mol. The summed E-state index contributed by atoms with van der Waals surface area (Å²) >= 11 is 12.6. The van der Waals surface area contributed by atoms with E-state index in [-0.39, 0.29) is 43.4 Å². The Bertz CT molecular complexity index is 1120. The molecule has 28 heavy (non-hydrogen) atoms. The van der Waals surface area contributed by atoms with Crippen LogP contribution in [0.2, 0.25) is 10.0 Å². The Morgan fingerprint density at radius 2 is 1.00 bits per heavy atom. The zero-order valence-electron chi connectivity index (χ0n) is 13.7. The van der Waals surface area contributed by atoms with Crippen molar-refractivity contribution in [2.24, 2.45) is 0 Å². The largest absolute Gasteiger partial charge is 0.290 e. The second kappa shape index (κ2) is 7.21. The first-order chi connectivity index (χ1) is 13.3. The topological polar surface area (TPSA) is 116 Å². The molecule has 0 amide bonds. The molecule has 0 N–H and O–H groups in total. The number of nitriles is 2. The summed E-state index contributed by atoms with van der Waals surface area (Å²) in [5, 5.41) is 18.7. The number of ketones is 4. The van der Waals surface area contributed by atoms with Gasteiger partial charge >= 0.3 is 0 Å². The number of carbonyl (C=O) groups excluding carboxylic acids is 4. The van der Waals surface area contributed by atoms with E-state index in [1.54, 1.807) is 12.1 Å². The number of allylic oxidation sites excluding steroid dienone is 8. The van der Waals surface area contributed by atoms with Crippen LogP contribution in [-0.2, 0) is 19.2 Å². The lowest BCUT2D eigenvalue weighted by atomic mass is 9.85. The molecule has 0 heterocycles. The maximum Gasteiger partial charge on any atom is 0.186 e. The van der Waals surface area contributed by atoms with Gasteiger partial charge in [-0.25, -0.2) is 0 Å². The van der Waals surface area contributed by atoms with E-state index in [1.807, 2.05) is 0 Å². The molecular weight excluding hydrogens is 403 g/mol. The zero-order valence-corrected chi connectivity index (χ0v) is 15.3. The van der Waals surface area contributed by atoms with E-state index >= 15 is 0 Å². The molecule has 0 unspecified atom stereocenters. The van der Waals surface area contributed by atoms with Gasteiger partial charge in [-0.15, -0.1) is 0 Å². The maximum absolute atomic E-state index is 12.2. The summed E-state index contributed by atoms with van der Waals surface area (Å²) in [5.41, 5.74) is -1.40. The van der Waals surface area contributed by atoms with Crippen molar-refractivity contribution in [1.82, 2.24) is 0 Å². The van der Waals surface area contributed by atoms with E-state index in [0.717, 1.165) is 36.5 Å². The Morgan fingerprint density at radius 1 is 0.643 bits per heavy atom. The van der Waals surface area contributed by atoms with Gasteiger partial charge in [0.25, 0.3) is 0 Å². The number of benzene rings is 1. The van der Waals surface area contributed by atoms with E-state index in [2.05, 4.69) is 0 Å². The van der Waals surface area contributed by atoms with Crippen LogP contribution in [0.15, 0.2) is 36.5 Å². The molecule has 1 aromatic rings. The van der Waals surface area contributed by atoms with Crippen molar-refractivity contribution in [1.29, 1.82) is 10.5 Å². The third kappa shape index (κ3) is 3.01. The third-order valence-corrected chi connectivity index (χ3v) is 4.90. The zero-order chi connectivity index (χ0) is 20.6. The van der Waals surface area contributed by atoms with Crippen LogP contribution in [0.3, 0.4) is 0 Å². The molecule has 1 aromatic carbocycles. The fraction of sp³-hybridized carbons (Fsp3) is 0. The van der Waals surface area contributed by atoms with Gasteiger partial charge in [0.05, 0.1) is 21.2 Å². The van der Waals surface area contributed by atoms with Crippen LogP contribution >= 0.6 is 23.2 Å². The molecule has 0 fully saturated rings. The van der Waals surface area contributed by atoms with Gasteiger partial charge in [0.15, 0.2) is 23.1 Å². The van der Waals surface area contributed by atoms with Crippen molar-refractivity contribution in [3.8, 4) is 12.1 Å². The maximum atomic E-state index is 12.2. The molecule has 0 saturated heterocycles. The minimum Gasteiger partial charge on any atom is -0.290 e. The number of hydrogen-bond acceptors (Lipinski definition) is 6. The molecular formula is C20H6Cl2N2O4. The van der Waals surface area contributed by atoms with E-state index in [0.29, 0.717) is 0 Å². The number of nitrogens with zero attached hydrogens (tertiary/aromatic N) is 2. The Morgan fingerprint density at radius 3 is 1.32 bits per heavy atom. The highest BCUT2D eigenvalue weighted by Crippen LogP contribution is 2.43. The minimum atomic E-state index is -0.600. The van der Waals surface area contributed by atoms with Crippen molar-refractivity contribution in [2.75, 3.05) is 0 Å². The van der Waals surface area contributed by atoms with Gasteiger partial charge in [-0.05, 0) is 36.5 Å². The highest BCUT2D eigenvalue weighted by Gasteiger charge is 2.31. The molecule has 0 atom stereocenters. The average Bonchev–Trinajstić information content (AvgIpc) is 2.67. The van der Waals surface area contributed by atoms with Gasteiger partial charge in [-0.2, -0.15) is 10.5 Å². The summed E-state index contributed by atoms with van der Waals surface area (Å²) < 4.78 is 0. The van der Waals surface area contributed by atoms with Gasteiger partial charge in [0.2, 0.25) is 0 Å². The number of rotatable bonds is 2. The molecule has 0 saturated carbocycles. The monoisotopic (exact) mass is 408 g/mol. The highest BCUT2D eigenvalue weighted by molar-refractivity contribution is 6.48. The predicted octanol–water partition coefficient (Wildman–Crippen LogP) is 2.92. The first-order valence-corrected chi connectivity index (χ1v) is 8.37. The smallest absolute Gasteiger partial charge is 0.186 e. The van der Waals surface area contributed by atoms with E-state index in [4.69, 9.17) is 23.2 Å². The second-order valence-corrected chi connectivity index (χ2v) is 6.42. The van der Waals surface area contributed by atoms with Crippen molar-refractivity contribution >= 4 is 57.5 Å². The lowest BCUT2D eigenvalue weighted by Gasteiger charge is -2.18. The van der Waals surface area contributed by atoms with Crippen LogP contribution in [0.25, 0.3) is 11.1 Å². The van der Waals surface area contributed by atoms with Crippen molar-refractivity contribution in [2.45, 2.75) is 0 Å².